The van der Waals surface area contributed by atoms with Crippen LogP contribution in [0.2, 0.25) is 0 Å². The maximum Gasteiger partial charge on any atom is 0.190 e. The Labute approximate surface area is 149 Å². The van der Waals surface area contributed by atoms with Crippen LogP contribution in [0.4, 0.5) is 0 Å². The van der Waals surface area contributed by atoms with Gasteiger partial charge in [-0.2, -0.15) is 0 Å². The number of aromatic nitrogens is 2. The molecule has 0 saturated carbocycles. The van der Waals surface area contributed by atoms with E-state index < -0.39 is 0 Å². The maximum absolute atomic E-state index is 4.23. The zero-order valence-corrected chi connectivity index (χ0v) is 15.2. The Balaban J connectivity index is 0.00000242. The highest BCUT2D eigenvalue weighted by Crippen LogP contribution is 1.98. The average molecular weight is 413 g/mol. The summed E-state index contributed by atoms with van der Waals surface area (Å²) in [6, 6.07) is 10.5. The van der Waals surface area contributed by atoms with Crippen molar-refractivity contribution in [3.8, 4) is 0 Å². The summed E-state index contributed by atoms with van der Waals surface area (Å²) in [5.41, 5.74) is 1.33. The number of nitrogens with zero attached hydrogens (tertiary/aromatic N) is 3. The molecule has 6 heteroatoms. The summed E-state index contributed by atoms with van der Waals surface area (Å²) in [5.74, 6) is 0.858. The van der Waals surface area contributed by atoms with Gasteiger partial charge in [0.1, 0.15) is 0 Å². The predicted octanol–water partition coefficient (Wildman–Crippen LogP) is 2.30. The van der Waals surface area contributed by atoms with Crippen molar-refractivity contribution < 1.29 is 0 Å². The van der Waals surface area contributed by atoms with Crippen LogP contribution in [0, 0.1) is 0 Å². The van der Waals surface area contributed by atoms with E-state index in [1.807, 2.05) is 18.6 Å². The number of nitrogens with one attached hydrogen (secondary N) is 2. The van der Waals surface area contributed by atoms with E-state index in [0.29, 0.717) is 0 Å². The molecule has 0 spiro atoms. The summed E-state index contributed by atoms with van der Waals surface area (Å²) < 4.78 is 2.08. The number of aliphatic imine (C=N–C) groups is 1. The van der Waals surface area contributed by atoms with Crippen LogP contribution in [0.15, 0.2) is 54.0 Å². The van der Waals surface area contributed by atoms with Gasteiger partial charge in [0.15, 0.2) is 5.96 Å². The zero-order chi connectivity index (χ0) is 14.8. The molecule has 1 aromatic carbocycles. The Morgan fingerprint density at radius 1 is 1.18 bits per heavy atom. The van der Waals surface area contributed by atoms with Gasteiger partial charge in [0, 0.05) is 39.1 Å². The van der Waals surface area contributed by atoms with E-state index in [1.54, 1.807) is 13.2 Å². The average Bonchev–Trinajstić information content (AvgIpc) is 3.04. The maximum atomic E-state index is 4.23. The van der Waals surface area contributed by atoms with E-state index >= 15 is 0 Å². The first-order chi connectivity index (χ1) is 10.4. The third-order valence-electron chi connectivity index (χ3n) is 3.22. The number of hydrogen-bond donors (Lipinski definition) is 2. The molecule has 5 nitrogen and oxygen atoms in total. The lowest BCUT2D eigenvalue weighted by Gasteiger charge is -2.12. The summed E-state index contributed by atoms with van der Waals surface area (Å²) >= 11 is 0. The van der Waals surface area contributed by atoms with Crippen LogP contribution in [-0.2, 0) is 13.0 Å². The molecule has 0 aliphatic rings. The van der Waals surface area contributed by atoms with Gasteiger partial charge >= 0.3 is 0 Å². The Bertz CT molecular complexity index is 525. The lowest BCUT2D eigenvalue weighted by Crippen LogP contribution is -2.38. The number of benzene rings is 1. The van der Waals surface area contributed by atoms with Gasteiger partial charge in [0.25, 0.3) is 0 Å². The van der Waals surface area contributed by atoms with Gasteiger partial charge < -0.3 is 15.2 Å². The summed E-state index contributed by atoms with van der Waals surface area (Å²) in [6.07, 6.45) is 7.66. The van der Waals surface area contributed by atoms with Crippen molar-refractivity contribution in [2.45, 2.75) is 19.4 Å². The molecule has 2 aromatic rings. The van der Waals surface area contributed by atoms with Gasteiger partial charge in [-0.15, -0.1) is 24.0 Å². The molecule has 0 aliphatic carbocycles. The van der Waals surface area contributed by atoms with E-state index in [2.05, 4.69) is 49.4 Å². The fourth-order valence-corrected chi connectivity index (χ4v) is 2.08. The second-order valence-electron chi connectivity index (χ2n) is 4.82. The highest BCUT2D eigenvalue weighted by molar-refractivity contribution is 14.0. The first-order valence-corrected chi connectivity index (χ1v) is 7.32. The topological polar surface area (TPSA) is 54.2 Å². The van der Waals surface area contributed by atoms with Gasteiger partial charge in [-0.1, -0.05) is 30.3 Å². The third-order valence-corrected chi connectivity index (χ3v) is 3.22. The molecule has 0 saturated heterocycles. The van der Waals surface area contributed by atoms with E-state index in [0.717, 1.165) is 38.4 Å². The normalized spacial score (nSPS) is 10.9. The van der Waals surface area contributed by atoms with Crippen LogP contribution in [0.5, 0.6) is 0 Å². The lowest BCUT2D eigenvalue weighted by atomic mass is 10.1. The highest BCUT2D eigenvalue weighted by atomic mass is 127. The second-order valence-corrected chi connectivity index (χ2v) is 4.82. The molecule has 0 amide bonds. The van der Waals surface area contributed by atoms with Crippen LogP contribution in [0.25, 0.3) is 0 Å². The first kappa shape index (κ1) is 18.5. The minimum Gasteiger partial charge on any atom is -0.356 e. The summed E-state index contributed by atoms with van der Waals surface area (Å²) in [6.45, 7) is 2.74. The van der Waals surface area contributed by atoms with E-state index in [4.69, 9.17) is 0 Å². The van der Waals surface area contributed by atoms with Gasteiger partial charge in [-0.3, -0.25) is 4.99 Å². The van der Waals surface area contributed by atoms with Crippen LogP contribution in [0.1, 0.15) is 12.0 Å². The van der Waals surface area contributed by atoms with Gasteiger partial charge in [0.05, 0.1) is 6.33 Å². The Kier molecular flexibility index (Phi) is 9.29. The van der Waals surface area contributed by atoms with E-state index in [9.17, 15) is 0 Å². The summed E-state index contributed by atoms with van der Waals surface area (Å²) in [4.78, 5) is 8.26. The monoisotopic (exact) mass is 413 g/mol. The molecule has 1 heterocycles. The molecule has 2 N–H and O–H groups in total. The van der Waals surface area contributed by atoms with Gasteiger partial charge in [-0.05, 0) is 18.4 Å². The number of guanidine groups is 1. The Hall–Kier alpha value is -1.57. The van der Waals surface area contributed by atoms with Crippen molar-refractivity contribution in [2.75, 3.05) is 20.1 Å². The minimum absolute atomic E-state index is 0. The molecule has 0 fully saturated rings. The number of hydrogen-bond acceptors (Lipinski definition) is 2. The Morgan fingerprint density at radius 2 is 1.95 bits per heavy atom. The number of imidazole rings is 1. The van der Waals surface area contributed by atoms with Crippen molar-refractivity contribution in [3.63, 3.8) is 0 Å². The van der Waals surface area contributed by atoms with E-state index in [1.165, 1.54) is 5.56 Å². The molecule has 2 rings (SSSR count). The number of aryl methyl sites for hydroxylation is 1. The fourth-order valence-electron chi connectivity index (χ4n) is 2.08. The van der Waals surface area contributed by atoms with Crippen LogP contribution >= 0.6 is 24.0 Å². The summed E-state index contributed by atoms with van der Waals surface area (Å²) in [5, 5.41) is 6.65. The van der Waals surface area contributed by atoms with Crippen LogP contribution in [-0.4, -0.2) is 35.6 Å². The van der Waals surface area contributed by atoms with Crippen molar-refractivity contribution in [2.24, 2.45) is 4.99 Å². The Morgan fingerprint density at radius 3 is 2.64 bits per heavy atom. The van der Waals surface area contributed by atoms with Crippen molar-refractivity contribution in [1.29, 1.82) is 0 Å². The van der Waals surface area contributed by atoms with Crippen molar-refractivity contribution >= 4 is 29.9 Å². The molecule has 0 aliphatic heterocycles. The largest absolute Gasteiger partial charge is 0.356 e. The van der Waals surface area contributed by atoms with Crippen LogP contribution < -0.4 is 10.6 Å². The SMILES string of the molecule is CN=C(NCCCn1ccnc1)NCCc1ccccc1.I. The molecule has 0 radical (unpaired) electrons. The molecular formula is C16H24IN5. The highest BCUT2D eigenvalue weighted by Gasteiger charge is 1.97. The molecule has 22 heavy (non-hydrogen) atoms. The second kappa shape index (κ2) is 11.1. The molecule has 1 aromatic heterocycles. The molecule has 120 valence electrons. The quantitative estimate of drug-likeness (QED) is 0.317. The van der Waals surface area contributed by atoms with Gasteiger partial charge in [0.2, 0.25) is 0 Å². The molecule has 0 atom stereocenters. The molecular weight excluding hydrogens is 389 g/mol. The standard InChI is InChI=1S/C16H23N5.HI/c1-17-16(19-9-5-12-21-13-11-18-14-21)20-10-8-15-6-3-2-4-7-15;/h2-4,6-7,11,13-14H,5,8-10,12H2,1H3,(H2,17,19,20);1H. The number of halogens is 1. The lowest BCUT2D eigenvalue weighted by molar-refractivity contribution is 0.624. The smallest absolute Gasteiger partial charge is 0.190 e. The third kappa shape index (κ3) is 6.93. The molecule has 0 unspecified atom stereocenters. The number of rotatable bonds is 7. The van der Waals surface area contributed by atoms with Crippen molar-refractivity contribution in [1.82, 2.24) is 20.2 Å². The van der Waals surface area contributed by atoms with E-state index in [-0.39, 0.29) is 24.0 Å². The van der Waals surface area contributed by atoms with Crippen LogP contribution in [0.3, 0.4) is 0 Å². The van der Waals surface area contributed by atoms with Gasteiger partial charge in [-0.25, -0.2) is 4.98 Å². The van der Waals surface area contributed by atoms with Crippen molar-refractivity contribution in [3.05, 3.63) is 54.6 Å². The predicted molar refractivity (Wildman–Crippen MR) is 102 cm³/mol. The first-order valence-electron chi connectivity index (χ1n) is 7.32. The summed E-state index contributed by atoms with van der Waals surface area (Å²) in [7, 11) is 1.80. The zero-order valence-electron chi connectivity index (χ0n) is 12.9. The minimum atomic E-state index is 0. The fraction of sp³-hybridized carbons (Fsp3) is 0.375. The molecule has 0 bridgehead atoms.